The van der Waals surface area contributed by atoms with Gasteiger partial charge in [0.2, 0.25) is 10.0 Å². The fourth-order valence-corrected chi connectivity index (χ4v) is 4.83. The molecule has 146 valence electrons. The highest BCUT2D eigenvalue weighted by molar-refractivity contribution is 7.89. The zero-order chi connectivity index (χ0) is 19.4. The third-order valence-electron chi connectivity index (χ3n) is 4.64. The quantitative estimate of drug-likeness (QED) is 0.753. The van der Waals surface area contributed by atoms with Crippen LogP contribution in [0.2, 0.25) is 0 Å². The van der Waals surface area contributed by atoms with Gasteiger partial charge < -0.3 is 9.47 Å². The Labute approximate surface area is 160 Å². The summed E-state index contributed by atoms with van der Waals surface area (Å²) in [6.07, 6.45) is 5.51. The van der Waals surface area contributed by atoms with Crippen molar-refractivity contribution in [3.63, 3.8) is 0 Å². The molecule has 1 fully saturated rings. The minimum Gasteiger partial charge on any atom is -0.495 e. The maximum absolute atomic E-state index is 13.2. The number of rotatable bonds is 6. The van der Waals surface area contributed by atoms with E-state index in [1.54, 1.807) is 24.5 Å². The van der Waals surface area contributed by atoms with Crippen molar-refractivity contribution in [2.24, 2.45) is 0 Å². The normalized spacial score (nSPS) is 18.3. The molecule has 0 radical (unpaired) electrons. The highest BCUT2D eigenvalue weighted by atomic mass is 32.2. The van der Waals surface area contributed by atoms with Gasteiger partial charge in [0, 0.05) is 18.9 Å². The summed E-state index contributed by atoms with van der Waals surface area (Å²) < 4.78 is 38.9. The molecule has 8 heteroatoms. The molecule has 3 rings (SSSR count). The first kappa shape index (κ1) is 19.6. The number of aryl methyl sites for hydroxylation is 2. The molecule has 2 aromatic rings. The van der Waals surface area contributed by atoms with Gasteiger partial charge in [-0.1, -0.05) is 13.0 Å². The van der Waals surface area contributed by atoms with Crippen LogP contribution in [0.3, 0.4) is 0 Å². The smallest absolute Gasteiger partial charge is 0.316 e. The monoisotopic (exact) mass is 391 g/mol. The van der Waals surface area contributed by atoms with Gasteiger partial charge >= 0.3 is 6.01 Å². The Morgan fingerprint density at radius 3 is 2.67 bits per heavy atom. The Balaban J connectivity index is 1.77. The molecule has 0 amide bonds. The standard InChI is InChI=1S/C19H25N3O4S/c1-4-15-11-20-19(21-12-15)26-16-6-5-9-22(13-16)27(23,24)18-10-14(2)7-8-17(18)25-3/h7-8,10-12,16H,4-6,9,13H2,1-3H3. The molecule has 0 saturated carbocycles. The average Bonchev–Trinajstić information content (AvgIpc) is 2.69. The Morgan fingerprint density at radius 2 is 2.00 bits per heavy atom. The minimum atomic E-state index is -3.68. The number of benzene rings is 1. The fraction of sp³-hybridized carbons (Fsp3) is 0.474. The molecule has 7 nitrogen and oxygen atoms in total. The number of piperidine rings is 1. The lowest BCUT2D eigenvalue weighted by atomic mass is 10.1. The minimum absolute atomic E-state index is 0.189. The van der Waals surface area contributed by atoms with E-state index in [0.717, 1.165) is 24.0 Å². The number of hydrogen-bond donors (Lipinski definition) is 0. The molecule has 1 aliphatic rings. The molecule has 1 aliphatic heterocycles. The third-order valence-corrected chi connectivity index (χ3v) is 6.53. The summed E-state index contributed by atoms with van der Waals surface area (Å²) in [5.74, 6) is 0.349. The molecule has 1 aromatic heterocycles. The number of aromatic nitrogens is 2. The highest BCUT2D eigenvalue weighted by Crippen LogP contribution is 2.30. The summed E-state index contributed by atoms with van der Waals surface area (Å²) in [6, 6.07) is 5.44. The number of methoxy groups -OCH3 is 1. The molecular weight excluding hydrogens is 366 g/mol. The lowest BCUT2D eigenvalue weighted by Gasteiger charge is -2.31. The molecule has 27 heavy (non-hydrogen) atoms. The maximum atomic E-state index is 13.2. The summed E-state index contributed by atoms with van der Waals surface area (Å²) in [5.41, 5.74) is 1.89. The summed E-state index contributed by atoms with van der Waals surface area (Å²) in [4.78, 5) is 8.60. The van der Waals surface area contributed by atoms with Crippen LogP contribution < -0.4 is 9.47 Å². The van der Waals surface area contributed by atoms with Crippen LogP contribution in [0.5, 0.6) is 11.8 Å². The number of ether oxygens (including phenoxy) is 2. The summed E-state index contributed by atoms with van der Waals surface area (Å²) in [6.45, 7) is 4.60. The van der Waals surface area contributed by atoms with Crippen LogP contribution in [-0.4, -0.2) is 49.0 Å². The molecule has 1 atom stereocenters. The molecule has 1 aromatic carbocycles. The van der Waals surface area contributed by atoms with Crippen LogP contribution >= 0.6 is 0 Å². The highest BCUT2D eigenvalue weighted by Gasteiger charge is 2.33. The predicted octanol–water partition coefficient (Wildman–Crippen LogP) is 2.59. The fourth-order valence-electron chi connectivity index (χ4n) is 3.08. The van der Waals surface area contributed by atoms with Gasteiger partial charge in [0.05, 0.1) is 13.7 Å². The van der Waals surface area contributed by atoms with Gasteiger partial charge in [0.25, 0.3) is 0 Å². The Bertz CT molecular complexity index is 884. The van der Waals surface area contributed by atoms with Gasteiger partial charge in [-0.2, -0.15) is 4.31 Å². The molecule has 0 bridgehead atoms. The van der Waals surface area contributed by atoms with Crippen molar-refractivity contribution in [2.45, 2.75) is 44.1 Å². The number of sulfonamides is 1. The van der Waals surface area contributed by atoms with Crippen molar-refractivity contribution >= 4 is 10.0 Å². The van der Waals surface area contributed by atoms with Crippen molar-refractivity contribution in [1.82, 2.24) is 14.3 Å². The van der Waals surface area contributed by atoms with Crippen LogP contribution in [0.1, 0.15) is 30.9 Å². The second kappa shape index (κ2) is 8.22. The average molecular weight is 391 g/mol. The van der Waals surface area contributed by atoms with Gasteiger partial charge in [0.15, 0.2) is 0 Å². The largest absolute Gasteiger partial charge is 0.495 e. The van der Waals surface area contributed by atoms with Crippen molar-refractivity contribution in [1.29, 1.82) is 0 Å². The van der Waals surface area contributed by atoms with Crippen molar-refractivity contribution < 1.29 is 17.9 Å². The zero-order valence-electron chi connectivity index (χ0n) is 15.9. The first-order valence-corrected chi connectivity index (χ1v) is 10.5. The summed E-state index contributed by atoms with van der Waals surface area (Å²) >= 11 is 0. The van der Waals surface area contributed by atoms with Crippen LogP contribution in [0.15, 0.2) is 35.5 Å². The molecule has 1 unspecified atom stereocenters. The van der Waals surface area contributed by atoms with E-state index in [1.807, 2.05) is 19.9 Å². The number of hydrogen-bond acceptors (Lipinski definition) is 6. The van der Waals surface area contributed by atoms with Gasteiger partial charge in [-0.25, -0.2) is 18.4 Å². The molecule has 1 saturated heterocycles. The van der Waals surface area contributed by atoms with Gasteiger partial charge in [-0.3, -0.25) is 0 Å². The van der Waals surface area contributed by atoms with Crippen molar-refractivity contribution in [3.8, 4) is 11.8 Å². The Hall–Kier alpha value is -2.19. The van der Waals surface area contributed by atoms with Crippen LogP contribution in [0, 0.1) is 6.92 Å². The molecular formula is C19H25N3O4S. The van der Waals surface area contributed by atoms with E-state index in [-0.39, 0.29) is 23.6 Å². The Morgan fingerprint density at radius 1 is 1.26 bits per heavy atom. The molecule has 0 N–H and O–H groups in total. The van der Waals surface area contributed by atoms with E-state index in [4.69, 9.17) is 9.47 Å². The SMILES string of the molecule is CCc1cnc(OC2CCCN(S(=O)(=O)c3cc(C)ccc3OC)C2)nc1. The maximum Gasteiger partial charge on any atom is 0.316 e. The van der Waals surface area contributed by atoms with Crippen LogP contribution in [0.25, 0.3) is 0 Å². The third kappa shape index (κ3) is 4.39. The first-order chi connectivity index (χ1) is 12.9. The summed E-state index contributed by atoms with van der Waals surface area (Å²) in [7, 11) is -2.20. The van der Waals surface area contributed by atoms with E-state index < -0.39 is 10.0 Å². The first-order valence-electron chi connectivity index (χ1n) is 9.06. The van der Waals surface area contributed by atoms with E-state index >= 15 is 0 Å². The van der Waals surface area contributed by atoms with E-state index in [2.05, 4.69) is 9.97 Å². The van der Waals surface area contributed by atoms with Crippen LogP contribution in [-0.2, 0) is 16.4 Å². The lowest BCUT2D eigenvalue weighted by Crippen LogP contribution is -2.44. The van der Waals surface area contributed by atoms with E-state index in [1.165, 1.54) is 11.4 Å². The topological polar surface area (TPSA) is 81.6 Å². The van der Waals surface area contributed by atoms with Gasteiger partial charge in [-0.15, -0.1) is 0 Å². The van der Waals surface area contributed by atoms with Crippen molar-refractivity contribution in [2.75, 3.05) is 20.2 Å². The molecule has 2 heterocycles. The Kier molecular flexibility index (Phi) is 5.96. The van der Waals surface area contributed by atoms with E-state index in [9.17, 15) is 8.42 Å². The molecule has 0 spiro atoms. The second-order valence-electron chi connectivity index (χ2n) is 6.63. The van der Waals surface area contributed by atoms with Gasteiger partial charge in [0.1, 0.15) is 16.7 Å². The summed E-state index contributed by atoms with van der Waals surface area (Å²) in [5, 5.41) is 0. The van der Waals surface area contributed by atoms with Gasteiger partial charge in [-0.05, 0) is 49.4 Å². The number of nitrogens with zero attached hydrogens (tertiary/aromatic N) is 3. The lowest BCUT2D eigenvalue weighted by molar-refractivity contribution is 0.119. The van der Waals surface area contributed by atoms with Crippen molar-refractivity contribution in [3.05, 3.63) is 41.7 Å². The molecule has 0 aliphatic carbocycles. The predicted molar refractivity (Wildman–Crippen MR) is 102 cm³/mol. The second-order valence-corrected chi connectivity index (χ2v) is 8.53. The van der Waals surface area contributed by atoms with E-state index in [0.29, 0.717) is 18.7 Å². The van der Waals surface area contributed by atoms with Crippen LogP contribution in [0.4, 0.5) is 0 Å². The zero-order valence-corrected chi connectivity index (χ0v) is 16.7.